The van der Waals surface area contributed by atoms with Gasteiger partial charge in [0.2, 0.25) is 5.91 Å². The van der Waals surface area contributed by atoms with Crippen LogP contribution in [0.3, 0.4) is 0 Å². The fourth-order valence-corrected chi connectivity index (χ4v) is 4.43. The Balaban J connectivity index is 1.25. The van der Waals surface area contributed by atoms with E-state index in [0.29, 0.717) is 6.61 Å². The molecule has 1 aliphatic heterocycles. The number of hydrogen-bond acceptors (Lipinski definition) is 3. The quantitative estimate of drug-likeness (QED) is 0.384. The Morgan fingerprint density at radius 2 is 1.52 bits per heavy atom. The molecule has 3 aromatic rings. The van der Waals surface area contributed by atoms with Crippen LogP contribution >= 0.6 is 15.9 Å². The van der Waals surface area contributed by atoms with E-state index in [1.165, 1.54) is 0 Å². The van der Waals surface area contributed by atoms with E-state index in [0.717, 1.165) is 53.9 Å². The zero-order valence-electron chi connectivity index (χ0n) is 18.6. The molecule has 0 bridgehead atoms. The normalized spacial score (nSPS) is 14.8. The van der Waals surface area contributed by atoms with Crippen molar-refractivity contribution in [2.24, 2.45) is 0 Å². The lowest BCUT2D eigenvalue weighted by atomic mass is 10.0. The van der Waals surface area contributed by atoms with Gasteiger partial charge < -0.3 is 9.64 Å². The summed E-state index contributed by atoms with van der Waals surface area (Å²) in [6.45, 7) is 4.70. The van der Waals surface area contributed by atoms with Gasteiger partial charge in [-0.2, -0.15) is 0 Å². The summed E-state index contributed by atoms with van der Waals surface area (Å²) in [5.41, 5.74) is 3.34. The highest BCUT2D eigenvalue weighted by molar-refractivity contribution is 9.10. The minimum Gasteiger partial charge on any atom is -0.367 e. The second-order valence-electron chi connectivity index (χ2n) is 8.13. The predicted molar refractivity (Wildman–Crippen MR) is 137 cm³/mol. The molecular formula is C28H29BrN2O2. The molecule has 0 spiro atoms. The Hall–Kier alpha value is -2.73. The van der Waals surface area contributed by atoms with E-state index in [1.54, 1.807) is 6.08 Å². The molecule has 33 heavy (non-hydrogen) atoms. The van der Waals surface area contributed by atoms with Gasteiger partial charge in [-0.05, 0) is 34.9 Å². The molecule has 4 rings (SSSR count). The Morgan fingerprint density at radius 3 is 2.12 bits per heavy atom. The van der Waals surface area contributed by atoms with Gasteiger partial charge in [-0.3, -0.25) is 9.69 Å². The van der Waals surface area contributed by atoms with E-state index >= 15 is 0 Å². The van der Waals surface area contributed by atoms with Gasteiger partial charge >= 0.3 is 0 Å². The molecule has 0 unspecified atom stereocenters. The molecule has 1 heterocycles. The first-order valence-electron chi connectivity index (χ1n) is 11.4. The van der Waals surface area contributed by atoms with E-state index in [2.05, 4.69) is 69.4 Å². The lowest BCUT2D eigenvalue weighted by molar-refractivity contribution is -0.127. The van der Waals surface area contributed by atoms with Crippen molar-refractivity contribution in [1.82, 2.24) is 9.80 Å². The molecule has 1 amide bonds. The summed E-state index contributed by atoms with van der Waals surface area (Å²) in [6.07, 6.45) is 3.48. The van der Waals surface area contributed by atoms with Crippen molar-refractivity contribution in [2.45, 2.75) is 6.10 Å². The van der Waals surface area contributed by atoms with Crippen molar-refractivity contribution >= 4 is 27.9 Å². The topological polar surface area (TPSA) is 32.8 Å². The van der Waals surface area contributed by atoms with Gasteiger partial charge in [0.05, 0.1) is 6.61 Å². The number of hydrogen-bond donors (Lipinski definition) is 0. The molecule has 0 radical (unpaired) electrons. The first kappa shape index (κ1) is 23.4. The highest BCUT2D eigenvalue weighted by Crippen LogP contribution is 2.25. The van der Waals surface area contributed by atoms with E-state index in [1.807, 2.05) is 47.4 Å². The van der Waals surface area contributed by atoms with E-state index in [9.17, 15) is 4.79 Å². The van der Waals surface area contributed by atoms with Crippen LogP contribution in [-0.4, -0.2) is 55.0 Å². The molecule has 5 heteroatoms. The molecule has 0 saturated carbocycles. The number of piperazine rings is 1. The van der Waals surface area contributed by atoms with E-state index in [-0.39, 0.29) is 12.0 Å². The number of rotatable bonds is 8. The maximum absolute atomic E-state index is 12.6. The minimum atomic E-state index is -0.0709. The highest BCUT2D eigenvalue weighted by atomic mass is 79.9. The highest BCUT2D eigenvalue weighted by Gasteiger charge is 2.20. The van der Waals surface area contributed by atoms with Gasteiger partial charge in [-0.1, -0.05) is 88.7 Å². The average Bonchev–Trinajstić information content (AvgIpc) is 2.87. The number of nitrogens with zero attached hydrogens (tertiary/aromatic N) is 2. The summed E-state index contributed by atoms with van der Waals surface area (Å²) < 4.78 is 7.36. The molecule has 0 atom stereocenters. The second kappa shape index (κ2) is 11.9. The van der Waals surface area contributed by atoms with Crippen LogP contribution in [0.25, 0.3) is 6.08 Å². The number of carbonyl (C=O) groups excluding carboxylic acids is 1. The molecule has 4 nitrogen and oxygen atoms in total. The monoisotopic (exact) mass is 504 g/mol. The van der Waals surface area contributed by atoms with Crippen LogP contribution in [0.1, 0.15) is 22.8 Å². The summed E-state index contributed by atoms with van der Waals surface area (Å²) in [4.78, 5) is 16.9. The van der Waals surface area contributed by atoms with Crippen LogP contribution in [0.2, 0.25) is 0 Å². The smallest absolute Gasteiger partial charge is 0.246 e. The summed E-state index contributed by atoms with van der Waals surface area (Å²) in [6, 6.07) is 28.7. The number of halogens is 1. The number of carbonyl (C=O) groups is 1. The molecule has 1 fully saturated rings. The van der Waals surface area contributed by atoms with Crippen molar-refractivity contribution in [2.75, 3.05) is 39.3 Å². The van der Waals surface area contributed by atoms with Crippen LogP contribution in [0.15, 0.2) is 95.5 Å². The van der Waals surface area contributed by atoms with Gasteiger partial charge in [-0.15, -0.1) is 0 Å². The van der Waals surface area contributed by atoms with Crippen LogP contribution in [0, 0.1) is 0 Å². The summed E-state index contributed by atoms with van der Waals surface area (Å²) in [5, 5.41) is 0. The predicted octanol–water partition coefficient (Wildman–Crippen LogP) is 5.41. The van der Waals surface area contributed by atoms with Crippen molar-refractivity contribution in [1.29, 1.82) is 0 Å². The second-order valence-corrected chi connectivity index (χ2v) is 9.04. The van der Waals surface area contributed by atoms with Gasteiger partial charge in [0.25, 0.3) is 0 Å². The summed E-state index contributed by atoms with van der Waals surface area (Å²) in [5.74, 6) is 0.0686. The zero-order valence-corrected chi connectivity index (χ0v) is 20.2. The first-order chi connectivity index (χ1) is 16.2. The first-order valence-corrected chi connectivity index (χ1v) is 12.1. The zero-order chi connectivity index (χ0) is 22.9. The molecule has 0 aliphatic carbocycles. The third-order valence-corrected chi connectivity index (χ3v) is 6.34. The largest absolute Gasteiger partial charge is 0.367 e. The SMILES string of the molecule is O=C(C=Cc1cccc(Br)c1)N1CCN(CCOC(c2ccccc2)c2ccccc2)CC1. The van der Waals surface area contributed by atoms with E-state index < -0.39 is 0 Å². The lowest BCUT2D eigenvalue weighted by Gasteiger charge is -2.34. The summed E-state index contributed by atoms with van der Waals surface area (Å²) >= 11 is 3.46. The van der Waals surface area contributed by atoms with Crippen molar-refractivity contribution < 1.29 is 9.53 Å². The number of ether oxygens (including phenoxy) is 1. The fraction of sp³-hybridized carbons (Fsp3) is 0.250. The fourth-order valence-electron chi connectivity index (χ4n) is 4.02. The van der Waals surface area contributed by atoms with E-state index in [4.69, 9.17) is 4.74 Å². The van der Waals surface area contributed by atoms with Crippen LogP contribution in [0.4, 0.5) is 0 Å². The third kappa shape index (κ3) is 6.87. The van der Waals surface area contributed by atoms with Crippen molar-refractivity contribution in [3.8, 4) is 0 Å². The Morgan fingerprint density at radius 1 is 0.879 bits per heavy atom. The molecule has 0 aromatic heterocycles. The maximum atomic E-state index is 12.6. The Labute approximate surface area is 204 Å². The van der Waals surface area contributed by atoms with Gasteiger partial charge in [0.15, 0.2) is 0 Å². The molecular weight excluding hydrogens is 476 g/mol. The molecule has 1 saturated heterocycles. The minimum absolute atomic E-state index is 0.0686. The molecule has 170 valence electrons. The number of amides is 1. The molecule has 1 aliphatic rings. The molecule has 0 N–H and O–H groups in total. The van der Waals surface area contributed by atoms with Crippen LogP contribution in [-0.2, 0) is 9.53 Å². The third-order valence-electron chi connectivity index (χ3n) is 5.85. The van der Waals surface area contributed by atoms with Crippen molar-refractivity contribution in [3.05, 3.63) is 112 Å². The average molecular weight is 505 g/mol. The molecule has 3 aromatic carbocycles. The van der Waals surface area contributed by atoms with Gasteiger partial charge in [0, 0.05) is 43.3 Å². The van der Waals surface area contributed by atoms with Crippen LogP contribution in [0.5, 0.6) is 0 Å². The van der Waals surface area contributed by atoms with Crippen molar-refractivity contribution in [3.63, 3.8) is 0 Å². The van der Waals surface area contributed by atoms with Gasteiger partial charge in [0.1, 0.15) is 6.10 Å². The Kier molecular flexibility index (Phi) is 8.47. The lowest BCUT2D eigenvalue weighted by Crippen LogP contribution is -2.49. The maximum Gasteiger partial charge on any atom is 0.246 e. The standard InChI is InChI=1S/C28H29BrN2O2/c29-26-13-7-8-23(22-26)14-15-27(32)31-18-16-30(17-19-31)20-21-33-28(24-9-3-1-4-10-24)25-11-5-2-6-12-25/h1-15,22,28H,16-21H2. The van der Waals surface area contributed by atoms with Gasteiger partial charge in [-0.25, -0.2) is 0 Å². The summed E-state index contributed by atoms with van der Waals surface area (Å²) in [7, 11) is 0. The van der Waals surface area contributed by atoms with Crippen LogP contribution < -0.4 is 0 Å². The Bertz CT molecular complexity index is 1010. The number of benzene rings is 3.